The molecule has 5 heteroatoms. The number of nitrogens with one attached hydrogen (secondary N) is 1. The first-order chi connectivity index (χ1) is 16.0. The number of carbonyl (C=O) groups excluding carboxylic acids is 3. The summed E-state index contributed by atoms with van der Waals surface area (Å²) in [6.45, 7) is 1.42. The van der Waals surface area contributed by atoms with Crippen LogP contribution in [0.4, 0.5) is 0 Å². The van der Waals surface area contributed by atoms with E-state index in [9.17, 15) is 14.4 Å². The van der Waals surface area contributed by atoms with Crippen molar-refractivity contribution in [3.05, 3.63) is 108 Å². The molecule has 0 aliphatic carbocycles. The average molecular weight is 444 g/mol. The minimum atomic E-state index is -0.546. The Balaban J connectivity index is 1.76. The maximum atomic E-state index is 13.4. The number of ether oxygens (including phenoxy) is 1. The van der Waals surface area contributed by atoms with E-state index in [4.69, 9.17) is 4.74 Å². The quantitative estimate of drug-likeness (QED) is 0.352. The van der Waals surface area contributed by atoms with Gasteiger partial charge >= 0.3 is 5.97 Å². The van der Waals surface area contributed by atoms with Crippen molar-refractivity contribution < 1.29 is 19.1 Å². The summed E-state index contributed by atoms with van der Waals surface area (Å²) in [6, 6.07) is 28.0. The van der Waals surface area contributed by atoms with Crippen LogP contribution in [-0.4, -0.2) is 30.3 Å². The Labute approximate surface area is 194 Å². The van der Waals surface area contributed by atoms with E-state index in [0.29, 0.717) is 18.4 Å². The molecule has 5 nitrogen and oxygen atoms in total. The zero-order chi connectivity index (χ0) is 23.5. The van der Waals surface area contributed by atoms with Gasteiger partial charge in [0.15, 0.2) is 5.78 Å². The van der Waals surface area contributed by atoms with E-state index in [1.54, 1.807) is 12.1 Å². The number of Topliss-reactive ketones (excluding diaryl/α,β-unsaturated/α-hetero) is 1. The molecule has 3 aromatic carbocycles. The topological polar surface area (TPSA) is 72.5 Å². The van der Waals surface area contributed by atoms with Crippen molar-refractivity contribution in [1.29, 1.82) is 0 Å². The van der Waals surface area contributed by atoms with E-state index in [1.807, 2.05) is 78.9 Å². The van der Waals surface area contributed by atoms with E-state index in [-0.39, 0.29) is 24.7 Å². The van der Waals surface area contributed by atoms with Gasteiger partial charge in [-0.2, -0.15) is 0 Å². The van der Waals surface area contributed by atoms with Crippen molar-refractivity contribution >= 4 is 17.7 Å². The molecule has 0 aliphatic rings. The van der Waals surface area contributed by atoms with Crippen LogP contribution in [0.3, 0.4) is 0 Å². The van der Waals surface area contributed by atoms with Crippen LogP contribution in [0.1, 0.15) is 34.8 Å². The Morgan fingerprint density at radius 1 is 0.758 bits per heavy atom. The van der Waals surface area contributed by atoms with Gasteiger partial charge in [-0.05, 0) is 24.0 Å². The van der Waals surface area contributed by atoms with E-state index in [1.165, 1.54) is 6.92 Å². The molecule has 3 rings (SSSR count). The summed E-state index contributed by atoms with van der Waals surface area (Å²) in [5.41, 5.74) is 2.59. The Hall–Kier alpha value is -3.73. The molecular weight excluding hydrogens is 414 g/mol. The summed E-state index contributed by atoms with van der Waals surface area (Å²) >= 11 is 0. The SMILES string of the molecule is CC(=O)OCC(Cc1ccccc1)NC(=O)C(CC(=O)c1ccccc1)Cc1ccccc1. The molecule has 0 fully saturated rings. The van der Waals surface area contributed by atoms with Crippen molar-refractivity contribution in [3.63, 3.8) is 0 Å². The van der Waals surface area contributed by atoms with Gasteiger partial charge in [0.05, 0.1) is 6.04 Å². The molecule has 0 aliphatic heterocycles. The summed E-state index contributed by atoms with van der Waals surface area (Å²) in [7, 11) is 0. The Bertz CT molecular complexity index is 1040. The summed E-state index contributed by atoms with van der Waals surface area (Å²) in [4.78, 5) is 37.6. The minimum Gasteiger partial charge on any atom is -0.464 e. The van der Waals surface area contributed by atoms with Crippen LogP contribution in [0.25, 0.3) is 0 Å². The molecule has 1 amide bonds. The smallest absolute Gasteiger partial charge is 0.302 e. The largest absolute Gasteiger partial charge is 0.464 e. The number of amides is 1. The van der Waals surface area contributed by atoms with E-state index < -0.39 is 17.9 Å². The number of rotatable bonds is 11. The average Bonchev–Trinajstić information content (AvgIpc) is 2.84. The summed E-state index contributed by atoms with van der Waals surface area (Å²) in [6.07, 6.45) is 1.05. The van der Waals surface area contributed by atoms with Gasteiger partial charge in [-0.1, -0.05) is 91.0 Å². The van der Waals surface area contributed by atoms with Crippen LogP contribution in [-0.2, 0) is 27.2 Å². The van der Waals surface area contributed by atoms with Crippen LogP contribution < -0.4 is 5.32 Å². The van der Waals surface area contributed by atoms with Crippen molar-refractivity contribution in [2.45, 2.75) is 32.2 Å². The highest BCUT2D eigenvalue weighted by Gasteiger charge is 2.26. The highest BCUT2D eigenvalue weighted by atomic mass is 16.5. The van der Waals surface area contributed by atoms with Gasteiger partial charge in [0.2, 0.25) is 5.91 Å². The molecule has 2 atom stereocenters. The lowest BCUT2D eigenvalue weighted by atomic mass is 9.91. The van der Waals surface area contributed by atoms with Crippen molar-refractivity contribution in [3.8, 4) is 0 Å². The molecule has 0 saturated heterocycles. The van der Waals surface area contributed by atoms with Crippen LogP contribution in [0.2, 0.25) is 0 Å². The number of esters is 1. The van der Waals surface area contributed by atoms with E-state index >= 15 is 0 Å². The summed E-state index contributed by atoms with van der Waals surface area (Å²) < 4.78 is 5.20. The number of carbonyl (C=O) groups is 3. The van der Waals surface area contributed by atoms with Crippen LogP contribution in [0.15, 0.2) is 91.0 Å². The standard InChI is InChI=1S/C28H29NO4/c1-21(30)33-20-26(18-23-13-7-3-8-14-23)29-28(32)25(17-22-11-5-2-6-12-22)19-27(31)24-15-9-4-10-16-24/h2-16,25-26H,17-20H2,1H3,(H,29,32). The Morgan fingerprint density at radius 3 is 1.82 bits per heavy atom. The first-order valence-corrected chi connectivity index (χ1v) is 11.1. The van der Waals surface area contributed by atoms with Gasteiger partial charge in [0.25, 0.3) is 0 Å². The molecule has 0 aromatic heterocycles. The Morgan fingerprint density at radius 2 is 1.27 bits per heavy atom. The normalized spacial score (nSPS) is 12.4. The van der Waals surface area contributed by atoms with Crippen molar-refractivity contribution in [2.75, 3.05) is 6.61 Å². The number of hydrogen-bond acceptors (Lipinski definition) is 4. The van der Waals surface area contributed by atoms with Gasteiger partial charge in [0, 0.05) is 24.8 Å². The number of hydrogen-bond donors (Lipinski definition) is 1. The maximum Gasteiger partial charge on any atom is 0.302 e. The molecule has 3 aromatic rings. The van der Waals surface area contributed by atoms with Crippen LogP contribution in [0.5, 0.6) is 0 Å². The van der Waals surface area contributed by atoms with Gasteiger partial charge in [-0.25, -0.2) is 0 Å². The van der Waals surface area contributed by atoms with Crippen molar-refractivity contribution in [2.24, 2.45) is 5.92 Å². The van der Waals surface area contributed by atoms with Crippen LogP contribution >= 0.6 is 0 Å². The fraction of sp³-hybridized carbons (Fsp3) is 0.250. The molecule has 2 unspecified atom stereocenters. The molecule has 0 heterocycles. The van der Waals surface area contributed by atoms with Crippen LogP contribution in [0, 0.1) is 5.92 Å². The van der Waals surface area contributed by atoms with E-state index in [2.05, 4.69) is 5.32 Å². The van der Waals surface area contributed by atoms with Gasteiger partial charge in [-0.3, -0.25) is 14.4 Å². The lowest BCUT2D eigenvalue weighted by molar-refractivity contribution is -0.142. The molecule has 170 valence electrons. The van der Waals surface area contributed by atoms with Gasteiger partial charge < -0.3 is 10.1 Å². The fourth-order valence-electron chi connectivity index (χ4n) is 3.71. The fourth-order valence-corrected chi connectivity index (χ4v) is 3.71. The summed E-state index contributed by atoms with van der Waals surface area (Å²) in [5.74, 6) is -1.25. The summed E-state index contributed by atoms with van der Waals surface area (Å²) in [5, 5.41) is 3.03. The molecule has 0 bridgehead atoms. The van der Waals surface area contributed by atoms with Gasteiger partial charge in [0.1, 0.15) is 6.61 Å². The third kappa shape index (κ3) is 8.04. The number of ketones is 1. The minimum absolute atomic E-state index is 0.0701. The third-order valence-electron chi connectivity index (χ3n) is 5.38. The van der Waals surface area contributed by atoms with E-state index in [0.717, 1.165) is 11.1 Å². The lowest BCUT2D eigenvalue weighted by Crippen LogP contribution is -2.44. The molecule has 1 N–H and O–H groups in total. The monoisotopic (exact) mass is 443 g/mol. The highest BCUT2D eigenvalue weighted by molar-refractivity contribution is 5.98. The molecule has 0 spiro atoms. The first-order valence-electron chi connectivity index (χ1n) is 11.1. The first kappa shape index (κ1) is 23.9. The molecular formula is C28H29NO4. The molecule has 0 radical (unpaired) electrons. The molecule has 0 saturated carbocycles. The second kappa shape index (κ2) is 12.3. The Kier molecular flexibility index (Phi) is 8.95. The second-order valence-corrected chi connectivity index (χ2v) is 8.08. The predicted molar refractivity (Wildman–Crippen MR) is 128 cm³/mol. The number of benzene rings is 3. The zero-order valence-electron chi connectivity index (χ0n) is 18.8. The van der Waals surface area contributed by atoms with Crippen molar-refractivity contribution in [1.82, 2.24) is 5.32 Å². The maximum absolute atomic E-state index is 13.4. The second-order valence-electron chi connectivity index (χ2n) is 8.08. The lowest BCUT2D eigenvalue weighted by Gasteiger charge is -2.23. The highest BCUT2D eigenvalue weighted by Crippen LogP contribution is 2.17. The third-order valence-corrected chi connectivity index (χ3v) is 5.38. The van der Waals surface area contributed by atoms with Gasteiger partial charge in [-0.15, -0.1) is 0 Å². The zero-order valence-corrected chi connectivity index (χ0v) is 18.8. The molecule has 33 heavy (non-hydrogen) atoms. The predicted octanol–water partition coefficient (Wildman–Crippen LogP) is 4.41.